The van der Waals surface area contributed by atoms with Crippen molar-refractivity contribution in [2.75, 3.05) is 13.2 Å². The van der Waals surface area contributed by atoms with E-state index >= 15 is 0 Å². The molecule has 0 aromatic carbocycles. The van der Waals surface area contributed by atoms with Crippen LogP contribution in [0.5, 0.6) is 0 Å². The first-order valence-electron chi connectivity index (χ1n) is 4.90. The van der Waals surface area contributed by atoms with Crippen LogP contribution < -0.4 is 0 Å². The highest BCUT2D eigenvalue weighted by Crippen LogP contribution is 2.39. The zero-order valence-electron chi connectivity index (χ0n) is 8.72. The molecule has 1 fully saturated rings. The molecule has 1 heterocycles. The van der Waals surface area contributed by atoms with Gasteiger partial charge in [0.05, 0.1) is 12.0 Å². The summed E-state index contributed by atoms with van der Waals surface area (Å²) in [7, 11) is 0. The van der Waals surface area contributed by atoms with Crippen molar-refractivity contribution in [2.24, 2.45) is 5.41 Å². The summed E-state index contributed by atoms with van der Waals surface area (Å²) in [4.78, 5) is 5.21. The van der Waals surface area contributed by atoms with E-state index in [1.54, 1.807) is 6.92 Å². The molecule has 0 aromatic heterocycles. The lowest BCUT2D eigenvalue weighted by atomic mass is 9.84. The quantitative estimate of drug-likeness (QED) is 0.699. The lowest BCUT2D eigenvalue weighted by molar-refractivity contribution is -0.112. The number of hydrogen-bond donors (Lipinski definition) is 0. The molecule has 82 valence electrons. The first-order chi connectivity index (χ1) is 6.52. The van der Waals surface area contributed by atoms with Gasteiger partial charge < -0.3 is 0 Å². The minimum atomic E-state index is -2.40. The Morgan fingerprint density at radius 1 is 1.64 bits per heavy atom. The van der Waals surface area contributed by atoms with Gasteiger partial charge in [0.1, 0.15) is 0 Å². The average Bonchev–Trinajstić information content (AvgIpc) is 2.67. The van der Waals surface area contributed by atoms with Gasteiger partial charge in [-0.05, 0) is 19.8 Å². The van der Waals surface area contributed by atoms with Crippen LogP contribution in [0.4, 0.5) is 8.78 Å². The lowest BCUT2D eigenvalue weighted by Gasteiger charge is -2.34. The summed E-state index contributed by atoms with van der Waals surface area (Å²) >= 11 is 0. The second-order valence-electron chi connectivity index (χ2n) is 3.81. The van der Waals surface area contributed by atoms with E-state index in [-0.39, 0.29) is 0 Å². The molecule has 1 atom stereocenters. The highest BCUT2D eigenvalue weighted by Gasteiger charge is 2.39. The average molecular weight is 205 g/mol. The molecule has 0 aromatic rings. The van der Waals surface area contributed by atoms with E-state index in [9.17, 15) is 8.78 Å². The van der Waals surface area contributed by atoms with Gasteiger partial charge in [0.15, 0.2) is 0 Å². The maximum Gasteiger partial charge on any atom is 0.249 e. The third kappa shape index (κ3) is 1.90. The molecule has 1 rings (SSSR count). The van der Waals surface area contributed by atoms with Crippen LogP contribution in [-0.4, -0.2) is 24.6 Å². The zero-order chi connectivity index (χ0) is 10.8. The standard InChI is InChI=1S/C10H17F2NO/c1-4-10(3,9(11)12)8(2)13-6-5-7-14-13/h9H,2,4-7H2,1,3H3. The van der Waals surface area contributed by atoms with Gasteiger partial charge in [0.2, 0.25) is 6.43 Å². The molecule has 4 heteroatoms. The van der Waals surface area contributed by atoms with Gasteiger partial charge in [-0.25, -0.2) is 8.78 Å². The molecule has 0 radical (unpaired) electrons. The Balaban J connectivity index is 2.73. The maximum atomic E-state index is 12.8. The smallest absolute Gasteiger partial charge is 0.249 e. The molecule has 0 spiro atoms. The molecule has 1 aliphatic heterocycles. The van der Waals surface area contributed by atoms with Gasteiger partial charge >= 0.3 is 0 Å². The van der Waals surface area contributed by atoms with E-state index in [2.05, 4.69) is 6.58 Å². The number of halogens is 2. The molecule has 1 unspecified atom stereocenters. The van der Waals surface area contributed by atoms with Crippen molar-refractivity contribution in [2.45, 2.75) is 33.1 Å². The molecule has 0 N–H and O–H groups in total. The number of rotatable bonds is 4. The van der Waals surface area contributed by atoms with E-state index in [0.717, 1.165) is 6.42 Å². The number of allylic oxidation sites excluding steroid dienone is 1. The van der Waals surface area contributed by atoms with Crippen LogP contribution in [-0.2, 0) is 4.84 Å². The topological polar surface area (TPSA) is 12.5 Å². The van der Waals surface area contributed by atoms with Gasteiger partial charge in [-0.2, -0.15) is 0 Å². The van der Waals surface area contributed by atoms with E-state index in [1.807, 2.05) is 0 Å². The van der Waals surface area contributed by atoms with Crippen LogP contribution in [0.25, 0.3) is 0 Å². The molecule has 0 aliphatic carbocycles. The number of hydrogen-bond acceptors (Lipinski definition) is 2. The second kappa shape index (κ2) is 4.26. The fourth-order valence-electron chi connectivity index (χ4n) is 1.43. The molecule has 1 aliphatic rings. The van der Waals surface area contributed by atoms with Crippen molar-refractivity contribution in [1.29, 1.82) is 0 Å². The van der Waals surface area contributed by atoms with E-state index in [4.69, 9.17) is 4.84 Å². The van der Waals surface area contributed by atoms with Crippen molar-refractivity contribution in [3.05, 3.63) is 12.3 Å². The highest BCUT2D eigenvalue weighted by molar-refractivity contribution is 5.07. The normalized spacial score (nSPS) is 21.4. The molecule has 0 amide bonds. The fraction of sp³-hybridized carbons (Fsp3) is 0.800. The van der Waals surface area contributed by atoms with Crippen molar-refractivity contribution in [1.82, 2.24) is 5.06 Å². The summed E-state index contributed by atoms with van der Waals surface area (Å²) < 4.78 is 25.7. The molecule has 1 saturated heterocycles. The lowest BCUT2D eigenvalue weighted by Crippen LogP contribution is -2.35. The summed E-state index contributed by atoms with van der Waals surface area (Å²) in [5.74, 6) is 0. The Morgan fingerprint density at radius 2 is 2.29 bits per heavy atom. The number of hydroxylamine groups is 2. The maximum absolute atomic E-state index is 12.8. The van der Waals surface area contributed by atoms with Gasteiger partial charge in [0.25, 0.3) is 0 Å². The zero-order valence-corrected chi connectivity index (χ0v) is 8.72. The van der Waals surface area contributed by atoms with Gasteiger partial charge in [-0.15, -0.1) is 0 Å². The van der Waals surface area contributed by atoms with Crippen molar-refractivity contribution >= 4 is 0 Å². The first kappa shape index (κ1) is 11.4. The van der Waals surface area contributed by atoms with E-state index in [0.29, 0.717) is 25.3 Å². The molecular formula is C10H17F2NO. The second-order valence-corrected chi connectivity index (χ2v) is 3.81. The molecular weight excluding hydrogens is 188 g/mol. The number of nitrogens with zero attached hydrogens (tertiary/aromatic N) is 1. The summed E-state index contributed by atoms with van der Waals surface area (Å²) in [5, 5.41) is 1.51. The van der Waals surface area contributed by atoms with Crippen LogP contribution in [0.3, 0.4) is 0 Å². The summed E-state index contributed by atoms with van der Waals surface area (Å²) in [6, 6.07) is 0. The Bertz CT molecular complexity index is 214. The fourth-order valence-corrected chi connectivity index (χ4v) is 1.43. The van der Waals surface area contributed by atoms with Gasteiger partial charge in [-0.3, -0.25) is 9.90 Å². The van der Waals surface area contributed by atoms with Crippen LogP contribution in [0.2, 0.25) is 0 Å². The van der Waals surface area contributed by atoms with Crippen LogP contribution in [0, 0.1) is 5.41 Å². The van der Waals surface area contributed by atoms with Gasteiger partial charge in [0, 0.05) is 12.2 Å². The third-order valence-electron chi connectivity index (χ3n) is 2.93. The number of alkyl halides is 2. The van der Waals surface area contributed by atoms with E-state index < -0.39 is 11.8 Å². The monoisotopic (exact) mass is 205 g/mol. The summed E-state index contributed by atoms with van der Waals surface area (Å²) in [6.07, 6.45) is -1.16. The Morgan fingerprint density at radius 3 is 2.64 bits per heavy atom. The van der Waals surface area contributed by atoms with Gasteiger partial charge in [-0.1, -0.05) is 13.5 Å². The summed E-state index contributed by atoms with van der Waals surface area (Å²) in [6.45, 7) is 8.26. The Labute approximate surface area is 83.5 Å². The Hall–Kier alpha value is -0.640. The minimum Gasteiger partial charge on any atom is -0.274 e. The molecule has 0 bridgehead atoms. The van der Waals surface area contributed by atoms with Crippen LogP contribution >= 0.6 is 0 Å². The van der Waals surface area contributed by atoms with Crippen molar-refractivity contribution < 1.29 is 13.6 Å². The third-order valence-corrected chi connectivity index (χ3v) is 2.93. The predicted octanol–water partition coefficient (Wildman–Crippen LogP) is 2.82. The predicted molar refractivity (Wildman–Crippen MR) is 50.8 cm³/mol. The van der Waals surface area contributed by atoms with E-state index in [1.165, 1.54) is 12.0 Å². The minimum absolute atomic E-state index is 0.364. The SMILES string of the molecule is C=C(N1CCCO1)C(C)(CC)C(F)F. The Kier molecular flexibility index (Phi) is 3.48. The van der Waals surface area contributed by atoms with Crippen molar-refractivity contribution in [3.63, 3.8) is 0 Å². The largest absolute Gasteiger partial charge is 0.274 e. The highest BCUT2D eigenvalue weighted by atomic mass is 19.3. The molecule has 0 saturated carbocycles. The van der Waals surface area contributed by atoms with Crippen molar-refractivity contribution in [3.8, 4) is 0 Å². The molecule has 2 nitrogen and oxygen atoms in total. The first-order valence-corrected chi connectivity index (χ1v) is 4.90. The molecule has 14 heavy (non-hydrogen) atoms. The summed E-state index contributed by atoms with van der Waals surface area (Å²) in [5.41, 5.74) is -0.767. The van der Waals surface area contributed by atoms with Crippen LogP contribution in [0.1, 0.15) is 26.7 Å². The van der Waals surface area contributed by atoms with Crippen LogP contribution in [0.15, 0.2) is 12.3 Å².